The van der Waals surface area contributed by atoms with E-state index in [0.29, 0.717) is 13.0 Å². The van der Waals surface area contributed by atoms with Crippen LogP contribution in [0.5, 0.6) is 0 Å². The zero-order valence-electron chi connectivity index (χ0n) is 11.2. The molecule has 0 aromatic rings. The first-order valence-corrected chi connectivity index (χ1v) is 6.42. The molecule has 1 fully saturated rings. The number of aliphatic hydroxyl groups is 1. The highest BCUT2D eigenvalue weighted by atomic mass is 19.4. The Morgan fingerprint density at radius 1 is 1.55 bits per heavy atom. The molecule has 5 nitrogen and oxygen atoms in total. The molecule has 1 aliphatic heterocycles. The van der Waals surface area contributed by atoms with E-state index in [1.165, 1.54) is 15.9 Å². The number of rotatable bonds is 6. The number of hydrogen-bond donors (Lipinski definition) is 2. The van der Waals surface area contributed by atoms with E-state index in [1.807, 2.05) is 0 Å². The first kappa shape index (κ1) is 16.8. The van der Waals surface area contributed by atoms with Crippen LogP contribution in [-0.4, -0.2) is 72.5 Å². The Morgan fingerprint density at radius 3 is 2.80 bits per heavy atom. The van der Waals surface area contributed by atoms with Crippen molar-refractivity contribution >= 4 is 6.03 Å². The number of nitrogens with one attached hydrogen (secondary N) is 1. The Labute approximate surface area is 116 Å². The maximum Gasteiger partial charge on any atom is 0.401 e. The molecule has 0 spiro atoms. The molecule has 1 rings (SSSR count). The van der Waals surface area contributed by atoms with Crippen LogP contribution < -0.4 is 5.32 Å². The van der Waals surface area contributed by atoms with Gasteiger partial charge >= 0.3 is 12.2 Å². The largest absolute Gasteiger partial charge is 0.401 e. The molecule has 1 aliphatic rings. The highest BCUT2D eigenvalue weighted by molar-refractivity contribution is 5.74. The van der Waals surface area contributed by atoms with Crippen LogP contribution in [0.3, 0.4) is 0 Å². The Bertz CT molecular complexity index is 336. The lowest BCUT2D eigenvalue weighted by molar-refractivity contribution is -0.143. The van der Waals surface area contributed by atoms with Crippen molar-refractivity contribution in [1.29, 1.82) is 0 Å². The molecule has 0 aliphatic carbocycles. The summed E-state index contributed by atoms with van der Waals surface area (Å²) in [6.45, 7) is 3.33. The average Bonchev–Trinajstić information content (AvgIpc) is 2.73. The van der Waals surface area contributed by atoms with Gasteiger partial charge in [0, 0.05) is 32.2 Å². The Hall–Kier alpha value is -1.28. The maximum absolute atomic E-state index is 12.3. The van der Waals surface area contributed by atoms with Gasteiger partial charge in [0.1, 0.15) is 0 Å². The van der Waals surface area contributed by atoms with Gasteiger partial charge in [0.25, 0.3) is 0 Å². The van der Waals surface area contributed by atoms with Crippen LogP contribution in [0.2, 0.25) is 0 Å². The summed E-state index contributed by atoms with van der Waals surface area (Å²) < 4.78 is 36.8. The van der Waals surface area contributed by atoms with Crippen molar-refractivity contribution in [3.63, 3.8) is 0 Å². The number of nitrogens with zero attached hydrogens (tertiary/aromatic N) is 2. The molecule has 0 bridgehead atoms. The number of halogens is 3. The third kappa shape index (κ3) is 5.79. The van der Waals surface area contributed by atoms with Crippen LogP contribution in [0.15, 0.2) is 12.7 Å². The van der Waals surface area contributed by atoms with Gasteiger partial charge in [0.2, 0.25) is 0 Å². The van der Waals surface area contributed by atoms with Crippen LogP contribution in [0.25, 0.3) is 0 Å². The summed E-state index contributed by atoms with van der Waals surface area (Å²) in [6.07, 6.45) is -2.20. The molecule has 1 saturated heterocycles. The van der Waals surface area contributed by atoms with Gasteiger partial charge < -0.3 is 15.3 Å². The summed E-state index contributed by atoms with van der Waals surface area (Å²) in [4.78, 5) is 14.5. The number of urea groups is 1. The number of alkyl halides is 3. The van der Waals surface area contributed by atoms with Crippen molar-refractivity contribution in [2.24, 2.45) is 0 Å². The molecule has 0 saturated carbocycles. The first-order valence-electron chi connectivity index (χ1n) is 6.42. The van der Waals surface area contributed by atoms with E-state index in [-0.39, 0.29) is 32.3 Å². The smallest absolute Gasteiger partial charge is 0.395 e. The molecule has 1 unspecified atom stereocenters. The van der Waals surface area contributed by atoms with Gasteiger partial charge in [-0.15, -0.1) is 6.58 Å². The summed E-state index contributed by atoms with van der Waals surface area (Å²) >= 11 is 0. The van der Waals surface area contributed by atoms with Crippen LogP contribution in [0.4, 0.5) is 18.0 Å². The average molecular weight is 295 g/mol. The number of amides is 2. The van der Waals surface area contributed by atoms with E-state index >= 15 is 0 Å². The molecule has 0 aromatic carbocycles. The summed E-state index contributed by atoms with van der Waals surface area (Å²) in [6, 6.07) is -0.686. The van der Waals surface area contributed by atoms with Crippen LogP contribution in [-0.2, 0) is 0 Å². The predicted molar refractivity (Wildman–Crippen MR) is 68.3 cm³/mol. The monoisotopic (exact) mass is 295 g/mol. The zero-order chi connectivity index (χ0) is 15.2. The Kier molecular flexibility index (Phi) is 6.28. The van der Waals surface area contributed by atoms with Crippen LogP contribution >= 0.6 is 0 Å². The van der Waals surface area contributed by atoms with Crippen molar-refractivity contribution in [3.05, 3.63) is 12.7 Å². The topological polar surface area (TPSA) is 55.8 Å². The van der Waals surface area contributed by atoms with Gasteiger partial charge in [-0.3, -0.25) is 4.90 Å². The van der Waals surface area contributed by atoms with E-state index in [4.69, 9.17) is 5.11 Å². The molecule has 1 heterocycles. The van der Waals surface area contributed by atoms with E-state index in [9.17, 15) is 18.0 Å². The first-order chi connectivity index (χ1) is 9.35. The lowest BCUT2D eigenvalue weighted by atomic mass is 10.3. The number of likely N-dealkylation sites (tertiary alicyclic amines) is 1. The molecule has 2 amide bonds. The van der Waals surface area contributed by atoms with Crippen molar-refractivity contribution in [3.8, 4) is 0 Å². The molecule has 8 heteroatoms. The fraction of sp³-hybridized carbons (Fsp3) is 0.750. The minimum absolute atomic E-state index is 0.164. The lowest BCUT2D eigenvalue weighted by Crippen LogP contribution is -2.47. The molecule has 0 radical (unpaired) electrons. The third-order valence-electron chi connectivity index (χ3n) is 3.01. The molecule has 2 N–H and O–H groups in total. The number of aliphatic hydroxyl groups excluding tert-OH is 1. The molecule has 20 heavy (non-hydrogen) atoms. The number of carbonyl (C=O) groups excluding carboxylic acids is 1. The molecule has 1 atom stereocenters. The van der Waals surface area contributed by atoms with Crippen LogP contribution in [0, 0.1) is 0 Å². The SMILES string of the molecule is C=CCN(CCO)C(=O)NC1CCN(CC(F)(F)F)C1. The second-order valence-electron chi connectivity index (χ2n) is 4.74. The Morgan fingerprint density at radius 2 is 2.25 bits per heavy atom. The highest BCUT2D eigenvalue weighted by Gasteiger charge is 2.34. The normalized spacial score (nSPS) is 19.9. The molecular formula is C12H20F3N3O2. The van der Waals surface area contributed by atoms with Gasteiger partial charge in [0.15, 0.2) is 0 Å². The van der Waals surface area contributed by atoms with Gasteiger partial charge in [-0.1, -0.05) is 6.08 Å². The quantitative estimate of drug-likeness (QED) is 0.713. The Balaban J connectivity index is 2.41. The lowest BCUT2D eigenvalue weighted by Gasteiger charge is -2.23. The van der Waals surface area contributed by atoms with E-state index in [1.54, 1.807) is 0 Å². The second kappa shape index (κ2) is 7.49. The van der Waals surface area contributed by atoms with E-state index < -0.39 is 18.8 Å². The molecule has 0 aromatic heterocycles. The zero-order valence-corrected chi connectivity index (χ0v) is 11.2. The highest BCUT2D eigenvalue weighted by Crippen LogP contribution is 2.20. The van der Waals surface area contributed by atoms with Crippen LogP contribution in [0.1, 0.15) is 6.42 Å². The van der Waals surface area contributed by atoms with Gasteiger partial charge in [-0.2, -0.15) is 13.2 Å². The second-order valence-corrected chi connectivity index (χ2v) is 4.74. The van der Waals surface area contributed by atoms with Crippen molar-refractivity contribution < 1.29 is 23.1 Å². The standard InChI is InChI=1S/C12H20F3N3O2/c1-2-4-18(6-7-19)11(20)16-10-3-5-17(8-10)9-12(13,14)15/h2,10,19H,1,3-9H2,(H,16,20). The fourth-order valence-corrected chi connectivity index (χ4v) is 2.17. The maximum atomic E-state index is 12.3. The predicted octanol–water partition coefficient (Wildman–Crippen LogP) is 0.813. The molecular weight excluding hydrogens is 275 g/mol. The van der Waals surface area contributed by atoms with Gasteiger partial charge in [-0.25, -0.2) is 4.79 Å². The minimum atomic E-state index is -4.22. The summed E-state index contributed by atoms with van der Waals surface area (Å²) in [7, 11) is 0. The third-order valence-corrected chi connectivity index (χ3v) is 3.01. The van der Waals surface area contributed by atoms with E-state index in [2.05, 4.69) is 11.9 Å². The number of hydrogen-bond acceptors (Lipinski definition) is 3. The van der Waals surface area contributed by atoms with E-state index in [0.717, 1.165) is 0 Å². The summed E-state index contributed by atoms with van der Waals surface area (Å²) in [5.74, 6) is 0. The summed E-state index contributed by atoms with van der Waals surface area (Å²) in [5.41, 5.74) is 0. The minimum Gasteiger partial charge on any atom is -0.395 e. The summed E-state index contributed by atoms with van der Waals surface area (Å²) in [5, 5.41) is 11.5. The fourth-order valence-electron chi connectivity index (χ4n) is 2.17. The number of carbonyl (C=O) groups is 1. The van der Waals surface area contributed by atoms with Crippen molar-refractivity contribution in [2.75, 3.05) is 39.3 Å². The molecule has 116 valence electrons. The van der Waals surface area contributed by atoms with Gasteiger partial charge in [-0.05, 0) is 6.42 Å². The van der Waals surface area contributed by atoms with Crippen molar-refractivity contribution in [1.82, 2.24) is 15.1 Å². The van der Waals surface area contributed by atoms with Crippen molar-refractivity contribution in [2.45, 2.75) is 18.6 Å². The van der Waals surface area contributed by atoms with Gasteiger partial charge in [0.05, 0.1) is 13.2 Å².